The Morgan fingerprint density at radius 3 is 2.68 bits per heavy atom. The standard InChI is InChI=1S/C16H15F3N2O3S/c17-16(18,19)15-14-10(9-3-1-2-4-11(9)20-14)5-6-21(15)12(22)7-25-8-13(23)24/h1-4,15,20H,5-8H2,(H,23,24)/t15-/m0/s1. The maximum atomic E-state index is 13.7. The smallest absolute Gasteiger partial charge is 0.414 e. The molecule has 1 amide bonds. The van der Waals surface area contributed by atoms with Gasteiger partial charge >= 0.3 is 12.1 Å². The second-order valence-electron chi connectivity index (χ2n) is 5.73. The van der Waals surface area contributed by atoms with Crippen molar-refractivity contribution in [1.82, 2.24) is 9.88 Å². The van der Waals surface area contributed by atoms with Gasteiger partial charge in [-0.15, -0.1) is 11.8 Å². The molecule has 1 aromatic heterocycles. The summed E-state index contributed by atoms with van der Waals surface area (Å²) in [6, 6.07) is 4.92. The second-order valence-corrected chi connectivity index (χ2v) is 6.72. The van der Waals surface area contributed by atoms with Crippen molar-refractivity contribution in [3.05, 3.63) is 35.5 Å². The minimum absolute atomic E-state index is 0.00321. The van der Waals surface area contributed by atoms with E-state index in [1.54, 1.807) is 24.3 Å². The lowest BCUT2D eigenvalue weighted by Crippen LogP contribution is -2.47. The highest BCUT2D eigenvalue weighted by Crippen LogP contribution is 2.43. The zero-order valence-corrected chi connectivity index (χ0v) is 13.8. The van der Waals surface area contributed by atoms with Gasteiger partial charge in [0.25, 0.3) is 0 Å². The third-order valence-corrected chi connectivity index (χ3v) is 5.02. The lowest BCUT2D eigenvalue weighted by Gasteiger charge is -2.36. The van der Waals surface area contributed by atoms with E-state index in [1.165, 1.54) is 0 Å². The minimum Gasteiger partial charge on any atom is -0.481 e. The van der Waals surface area contributed by atoms with Gasteiger partial charge in [-0.1, -0.05) is 18.2 Å². The fraction of sp³-hybridized carbons (Fsp3) is 0.375. The molecular weight excluding hydrogens is 357 g/mol. The number of aromatic nitrogens is 1. The van der Waals surface area contributed by atoms with E-state index in [-0.39, 0.29) is 23.7 Å². The fourth-order valence-electron chi connectivity index (χ4n) is 3.16. The highest BCUT2D eigenvalue weighted by molar-refractivity contribution is 8.00. The van der Waals surface area contributed by atoms with Crippen LogP contribution in [0.1, 0.15) is 17.3 Å². The number of carboxylic acid groups (broad SMARTS) is 1. The van der Waals surface area contributed by atoms with Crippen LogP contribution in [0.2, 0.25) is 0 Å². The first kappa shape index (κ1) is 17.7. The van der Waals surface area contributed by atoms with Crippen LogP contribution >= 0.6 is 11.8 Å². The van der Waals surface area contributed by atoms with Crippen molar-refractivity contribution in [1.29, 1.82) is 0 Å². The van der Waals surface area contributed by atoms with E-state index < -0.39 is 24.1 Å². The largest absolute Gasteiger partial charge is 0.481 e. The van der Waals surface area contributed by atoms with Crippen molar-refractivity contribution >= 4 is 34.5 Å². The number of carbonyl (C=O) groups excluding carboxylic acids is 1. The number of halogens is 3. The number of para-hydroxylation sites is 1. The number of nitrogens with zero attached hydrogens (tertiary/aromatic N) is 1. The Bertz CT molecular complexity index is 819. The first-order chi connectivity index (χ1) is 11.8. The Balaban J connectivity index is 1.93. The molecule has 1 aliphatic heterocycles. The van der Waals surface area contributed by atoms with Gasteiger partial charge in [0.2, 0.25) is 5.91 Å². The maximum absolute atomic E-state index is 13.7. The number of amides is 1. The molecular formula is C16H15F3N2O3S. The van der Waals surface area contributed by atoms with Crippen LogP contribution in [-0.2, 0) is 16.0 Å². The monoisotopic (exact) mass is 372 g/mol. The van der Waals surface area contributed by atoms with E-state index in [4.69, 9.17) is 5.11 Å². The molecule has 2 N–H and O–H groups in total. The molecule has 9 heteroatoms. The Hall–Kier alpha value is -2.16. The predicted octanol–water partition coefficient (Wildman–Crippen LogP) is 2.97. The van der Waals surface area contributed by atoms with Gasteiger partial charge in [0.15, 0.2) is 6.04 Å². The summed E-state index contributed by atoms with van der Waals surface area (Å²) in [5.74, 6) is -2.44. The third-order valence-electron chi connectivity index (χ3n) is 4.12. The third kappa shape index (κ3) is 3.46. The van der Waals surface area contributed by atoms with Gasteiger partial charge in [0.1, 0.15) is 0 Å². The summed E-state index contributed by atoms with van der Waals surface area (Å²) < 4.78 is 41.1. The van der Waals surface area contributed by atoms with Crippen molar-refractivity contribution in [3.63, 3.8) is 0 Å². The van der Waals surface area contributed by atoms with Crippen LogP contribution in [0.4, 0.5) is 13.2 Å². The number of rotatable bonds is 4. The summed E-state index contributed by atoms with van der Waals surface area (Å²) in [4.78, 5) is 26.4. The fourth-order valence-corrected chi connectivity index (χ4v) is 3.78. The van der Waals surface area contributed by atoms with Crippen LogP contribution in [-0.4, -0.2) is 51.1 Å². The van der Waals surface area contributed by atoms with Crippen molar-refractivity contribution in [2.45, 2.75) is 18.6 Å². The van der Waals surface area contributed by atoms with Crippen LogP contribution in [0.5, 0.6) is 0 Å². The summed E-state index contributed by atoms with van der Waals surface area (Å²) in [5, 5.41) is 9.33. The number of H-pyrrole nitrogens is 1. The molecule has 2 aromatic rings. The number of hydrogen-bond donors (Lipinski definition) is 2. The Labute approximate surface area is 145 Å². The van der Waals surface area contributed by atoms with Gasteiger partial charge < -0.3 is 15.0 Å². The average Bonchev–Trinajstić information content (AvgIpc) is 2.90. The SMILES string of the molecule is O=C(O)CSCC(=O)N1CCc2c([nH]c3ccccc23)[C@H]1C(F)(F)F. The molecule has 1 aliphatic rings. The number of nitrogens with one attached hydrogen (secondary N) is 1. The summed E-state index contributed by atoms with van der Waals surface area (Å²) in [6.45, 7) is -0.0501. The summed E-state index contributed by atoms with van der Waals surface area (Å²) in [6.07, 6.45) is -4.30. The van der Waals surface area contributed by atoms with Gasteiger partial charge in [-0.2, -0.15) is 13.2 Å². The quantitative estimate of drug-likeness (QED) is 0.866. The molecule has 2 heterocycles. The van der Waals surface area contributed by atoms with Crippen molar-refractivity contribution < 1.29 is 27.9 Å². The molecule has 0 bridgehead atoms. The topological polar surface area (TPSA) is 73.4 Å². The van der Waals surface area contributed by atoms with E-state index in [0.29, 0.717) is 17.5 Å². The molecule has 0 saturated carbocycles. The Morgan fingerprint density at radius 1 is 1.28 bits per heavy atom. The number of hydrogen-bond acceptors (Lipinski definition) is 3. The molecule has 3 rings (SSSR count). The van der Waals surface area contributed by atoms with E-state index in [0.717, 1.165) is 22.0 Å². The highest BCUT2D eigenvalue weighted by atomic mass is 32.2. The summed E-state index contributed by atoms with van der Waals surface area (Å²) >= 11 is 0.794. The van der Waals surface area contributed by atoms with Crippen molar-refractivity contribution in [2.75, 3.05) is 18.1 Å². The number of aromatic amines is 1. The Kier molecular flexibility index (Phi) is 4.68. The number of benzene rings is 1. The molecule has 5 nitrogen and oxygen atoms in total. The van der Waals surface area contributed by atoms with E-state index in [1.807, 2.05) is 0 Å². The number of alkyl halides is 3. The van der Waals surface area contributed by atoms with Crippen LogP contribution in [0.15, 0.2) is 24.3 Å². The van der Waals surface area contributed by atoms with Gasteiger partial charge in [0.05, 0.1) is 17.2 Å². The van der Waals surface area contributed by atoms with Crippen LogP contribution in [0.3, 0.4) is 0 Å². The lowest BCUT2D eigenvalue weighted by molar-refractivity contribution is -0.193. The molecule has 1 atom stereocenters. The number of thioether (sulfide) groups is 1. The van der Waals surface area contributed by atoms with E-state index >= 15 is 0 Å². The zero-order valence-electron chi connectivity index (χ0n) is 13.0. The number of aliphatic carboxylic acids is 1. The molecule has 1 aromatic carbocycles. The normalized spacial score (nSPS) is 17.6. The molecule has 0 unspecified atom stereocenters. The van der Waals surface area contributed by atoms with E-state index in [9.17, 15) is 22.8 Å². The number of carbonyl (C=O) groups is 2. The van der Waals surface area contributed by atoms with Gasteiger partial charge in [0, 0.05) is 17.4 Å². The molecule has 25 heavy (non-hydrogen) atoms. The summed E-state index contributed by atoms with van der Waals surface area (Å²) in [5.41, 5.74) is 1.19. The van der Waals surface area contributed by atoms with Crippen LogP contribution in [0, 0.1) is 0 Å². The molecule has 0 saturated heterocycles. The highest BCUT2D eigenvalue weighted by Gasteiger charge is 2.50. The van der Waals surface area contributed by atoms with Crippen LogP contribution < -0.4 is 0 Å². The van der Waals surface area contributed by atoms with Crippen molar-refractivity contribution in [2.24, 2.45) is 0 Å². The Morgan fingerprint density at radius 2 is 2.00 bits per heavy atom. The summed E-state index contributed by atoms with van der Waals surface area (Å²) in [7, 11) is 0. The van der Waals surface area contributed by atoms with Crippen molar-refractivity contribution in [3.8, 4) is 0 Å². The first-order valence-electron chi connectivity index (χ1n) is 7.54. The molecule has 0 radical (unpaired) electrons. The number of fused-ring (bicyclic) bond motifs is 3. The van der Waals surface area contributed by atoms with Gasteiger partial charge in [-0.25, -0.2) is 0 Å². The lowest BCUT2D eigenvalue weighted by atomic mass is 9.97. The number of carboxylic acids is 1. The van der Waals surface area contributed by atoms with Gasteiger partial charge in [-0.3, -0.25) is 9.59 Å². The molecule has 0 aliphatic carbocycles. The average molecular weight is 372 g/mol. The van der Waals surface area contributed by atoms with Gasteiger partial charge in [-0.05, 0) is 18.1 Å². The zero-order chi connectivity index (χ0) is 18.2. The van der Waals surface area contributed by atoms with Crippen LogP contribution in [0.25, 0.3) is 10.9 Å². The molecule has 0 fully saturated rings. The van der Waals surface area contributed by atoms with E-state index in [2.05, 4.69) is 4.98 Å². The maximum Gasteiger partial charge on any atom is 0.414 e. The second kappa shape index (κ2) is 6.62. The molecule has 134 valence electrons. The molecule has 0 spiro atoms. The minimum atomic E-state index is -4.62. The predicted molar refractivity (Wildman–Crippen MR) is 87.5 cm³/mol. The first-order valence-corrected chi connectivity index (χ1v) is 8.69.